The third-order valence-corrected chi connectivity index (χ3v) is 2.10. The first kappa shape index (κ1) is 10.8. The van der Waals surface area contributed by atoms with E-state index in [0.717, 1.165) is 0 Å². The highest BCUT2D eigenvalue weighted by atomic mass is 19.4. The molecule has 14 heavy (non-hydrogen) atoms. The van der Waals surface area contributed by atoms with Crippen LogP contribution in [0.15, 0.2) is 22.9 Å². The van der Waals surface area contributed by atoms with E-state index >= 15 is 0 Å². The molecule has 1 amide bonds. The van der Waals surface area contributed by atoms with E-state index in [1.54, 1.807) is 0 Å². The molecule has 1 aliphatic rings. The van der Waals surface area contributed by atoms with Crippen LogP contribution in [0.4, 0.5) is 13.2 Å². The van der Waals surface area contributed by atoms with Gasteiger partial charge in [-0.1, -0.05) is 0 Å². The van der Waals surface area contributed by atoms with Crippen LogP contribution in [-0.2, 0) is 4.79 Å². The fraction of sp³-hybridized carbons (Fsp3) is 0.444. The lowest BCUT2D eigenvalue weighted by Crippen LogP contribution is -2.19. The Kier molecular flexibility index (Phi) is 2.98. The van der Waals surface area contributed by atoms with Gasteiger partial charge in [0, 0.05) is 11.3 Å². The van der Waals surface area contributed by atoms with Crippen molar-refractivity contribution in [1.29, 1.82) is 0 Å². The summed E-state index contributed by atoms with van der Waals surface area (Å²) >= 11 is 0. The SMILES string of the molecule is CC1=C(C(F)(F)F)CCC(NC=O)=C1. The molecule has 0 aliphatic heterocycles. The molecular weight excluding hydrogens is 195 g/mol. The van der Waals surface area contributed by atoms with Gasteiger partial charge in [0.1, 0.15) is 0 Å². The number of alkyl halides is 3. The minimum atomic E-state index is -4.26. The molecule has 0 unspecified atom stereocenters. The second kappa shape index (κ2) is 3.86. The second-order valence-corrected chi connectivity index (χ2v) is 3.09. The van der Waals surface area contributed by atoms with Gasteiger partial charge in [0.25, 0.3) is 0 Å². The van der Waals surface area contributed by atoms with Gasteiger partial charge in [-0.2, -0.15) is 13.2 Å². The molecule has 5 heteroatoms. The van der Waals surface area contributed by atoms with Crippen LogP contribution in [0.1, 0.15) is 19.8 Å². The van der Waals surface area contributed by atoms with Crippen molar-refractivity contribution in [2.45, 2.75) is 25.9 Å². The highest BCUT2D eigenvalue weighted by molar-refractivity contribution is 5.51. The summed E-state index contributed by atoms with van der Waals surface area (Å²) in [5, 5.41) is 2.37. The quantitative estimate of drug-likeness (QED) is 0.688. The second-order valence-electron chi connectivity index (χ2n) is 3.09. The van der Waals surface area contributed by atoms with Crippen molar-refractivity contribution in [3.63, 3.8) is 0 Å². The number of amides is 1. The third kappa shape index (κ3) is 2.37. The minimum Gasteiger partial charge on any atom is -0.332 e. The van der Waals surface area contributed by atoms with E-state index in [1.165, 1.54) is 13.0 Å². The van der Waals surface area contributed by atoms with Crippen molar-refractivity contribution in [1.82, 2.24) is 5.32 Å². The first-order chi connectivity index (χ1) is 6.45. The molecule has 0 aromatic heterocycles. The predicted octanol–water partition coefficient (Wildman–Crippen LogP) is 2.29. The lowest BCUT2D eigenvalue weighted by molar-refractivity contribution is -0.109. The summed E-state index contributed by atoms with van der Waals surface area (Å²) in [6, 6.07) is 0. The highest BCUT2D eigenvalue weighted by Gasteiger charge is 2.35. The number of hydrogen-bond acceptors (Lipinski definition) is 1. The number of rotatable bonds is 2. The van der Waals surface area contributed by atoms with Crippen molar-refractivity contribution in [2.75, 3.05) is 0 Å². The Hall–Kier alpha value is -1.26. The molecule has 0 aromatic carbocycles. The largest absolute Gasteiger partial charge is 0.412 e. The molecule has 0 bridgehead atoms. The maximum atomic E-state index is 12.3. The normalized spacial score (nSPS) is 17.9. The Labute approximate surface area is 79.5 Å². The number of hydrogen-bond donors (Lipinski definition) is 1. The predicted molar refractivity (Wildman–Crippen MR) is 45.3 cm³/mol. The van der Waals surface area contributed by atoms with E-state index in [4.69, 9.17) is 0 Å². The van der Waals surface area contributed by atoms with Crippen LogP contribution in [-0.4, -0.2) is 12.6 Å². The van der Waals surface area contributed by atoms with Gasteiger partial charge in [0.05, 0.1) is 0 Å². The van der Waals surface area contributed by atoms with Crippen LogP contribution in [0, 0.1) is 0 Å². The van der Waals surface area contributed by atoms with Gasteiger partial charge >= 0.3 is 6.18 Å². The van der Waals surface area contributed by atoms with E-state index in [0.29, 0.717) is 12.1 Å². The van der Waals surface area contributed by atoms with Crippen molar-refractivity contribution in [3.8, 4) is 0 Å². The van der Waals surface area contributed by atoms with Crippen molar-refractivity contribution in [3.05, 3.63) is 22.9 Å². The third-order valence-electron chi connectivity index (χ3n) is 2.10. The summed E-state index contributed by atoms with van der Waals surface area (Å²) in [5.74, 6) is 0. The molecule has 0 spiro atoms. The summed E-state index contributed by atoms with van der Waals surface area (Å²) in [6.07, 6.45) is -2.27. The number of carbonyl (C=O) groups excluding carboxylic acids is 1. The van der Waals surface area contributed by atoms with Crippen molar-refractivity contribution >= 4 is 6.41 Å². The zero-order chi connectivity index (χ0) is 10.8. The Bertz CT molecular complexity index is 302. The molecule has 0 atom stereocenters. The molecule has 0 saturated heterocycles. The number of nitrogens with one attached hydrogen (secondary N) is 1. The van der Waals surface area contributed by atoms with E-state index in [9.17, 15) is 18.0 Å². The zero-order valence-corrected chi connectivity index (χ0v) is 7.61. The number of allylic oxidation sites excluding steroid dienone is 4. The smallest absolute Gasteiger partial charge is 0.332 e. The molecule has 0 saturated carbocycles. The average molecular weight is 205 g/mol. The van der Waals surface area contributed by atoms with E-state index < -0.39 is 11.7 Å². The molecule has 78 valence electrons. The Balaban J connectivity index is 2.91. The molecule has 1 N–H and O–H groups in total. The van der Waals surface area contributed by atoms with Gasteiger partial charge in [-0.3, -0.25) is 4.79 Å². The molecule has 0 fully saturated rings. The van der Waals surface area contributed by atoms with Gasteiger partial charge in [-0.05, 0) is 31.4 Å². The van der Waals surface area contributed by atoms with Crippen molar-refractivity contribution in [2.24, 2.45) is 0 Å². The Morgan fingerprint density at radius 1 is 1.43 bits per heavy atom. The monoisotopic (exact) mass is 205 g/mol. The Morgan fingerprint density at radius 3 is 2.50 bits per heavy atom. The van der Waals surface area contributed by atoms with Crippen molar-refractivity contribution < 1.29 is 18.0 Å². The average Bonchev–Trinajstić information content (AvgIpc) is 2.02. The maximum Gasteiger partial charge on any atom is 0.412 e. The number of halogens is 3. The zero-order valence-electron chi connectivity index (χ0n) is 7.61. The first-order valence-electron chi connectivity index (χ1n) is 4.13. The molecule has 0 aromatic rings. The van der Waals surface area contributed by atoms with Crippen LogP contribution in [0.25, 0.3) is 0 Å². The first-order valence-corrected chi connectivity index (χ1v) is 4.13. The van der Waals surface area contributed by atoms with Crippen LogP contribution in [0.5, 0.6) is 0 Å². The molecule has 0 radical (unpaired) electrons. The van der Waals surface area contributed by atoms with E-state index in [-0.39, 0.29) is 18.4 Å². The topological polar surface area (TPSA) is 29.1 Å². The highest BCUT2D eigenvalue weighted by Crippen LogP contribution is 2.35. The van der Waals surface area contributed by atoms with Crippen LogP contribution >= 0.6 is 0 Å². The molecule has 2 nitrogen and oxygen atoms in total. The minimum absolute atomic E-state index is 0.0675. The summed E-state index contributed by atoms with van der Waals surface area (Å²) < 4.78 is 37.0. The summed E-state index contributed by atoms with van der Waals surface area (Å²) in [4.78, 5) is 10.1. The van der Waals surface area contributed by atoms with Gasteiger partial charge in [-0.15, -0.1) is 0 Å². The van der Waals surface area contributed by atoms with Crippen LogP contribution in [0.2, 0.25) is 0 Å². The summed E-state index contributed by atoms with van der Waals surface area (Å²) in [7, 11) is 0. The van der Waals surface area contributed by atoms with E-state index in [1.807, 2.05) is 0 Å². The van der Waals surface area contributed by atoms with Gasteiger partial charge in [0.2, 0.25) is 6.41 Å². The lowest BCUT2D eigenvalue weighted by atomic mass is 9.96. The standard InChI is InChI=1S/C9H10F3NO/c1-6-4-7(13-5-14)2-3-8(6)9(10,11)12/h4-5H,2-3H2,1H3,(H,13,14). The van der Waals surface area contributed by atoms with E-state index in [2.05, 4.69) is 5.32 Å². The van der Waals surface area contributed by atoms with Gasteiger partial charge < -0.3 is 5.32 Å². The Morgan fingerprint density at radius 2 is 2.07 bits per heavy atom. The van der Waals surface area contributed by atoms with Gasteiger partial charge in [-0.25, -0.2) is 0 Å². The fourth-order valence-corrected chi connectivity index (χ4v) is 1.43. The van der Waals surface area contributed by atoms with Crippen LogP contribution < -0.4 is 5.32 Å². The molecule has 1 rings (SSSR count). The lowest BCUT2D eigenvalue weighted by Gasteiger charge is -2.19. The summed E-state index contributed by atoms with van der Waals surface area (Å²) in [5.41, 5.74) is 0.201. The molecule has 1 aliphatic carbocycles. The molecular formula is C9H10F3NO. The summed E-state index contributed by atoms with van der Waals surface area (Å²) in [6.45, 7) is 1.40. The molecule has 0 heterocycles. The van der Waals surface area contributed by atoms with Gasteiger partial charge in [0.15, 0.2) is 0 Å². The fourth-order valence-electron chi connectivity index (χ4n) is 1.43. The number of carbonyl (C=O) groups is 1. The maximum absolute atomic E-state index is 12.3. The van der Waals surface area contributed by atoms with Crippen LogP contribution in [0.3, 0.4) is 0 Å².